The summed E-state index contributed by atoms with van der Waals surface area (Å²) in [5.74, 6) is 0. The number of hydrogen-bond donors (Lipinski definition) is 0. The normalized spacial score (nSPS) is 9.67. The van der Waals surface area contributed by atoms with E-state index in [0.717, 1.165) is 0 Å². The smallest absolute Gasteiger partial charge is 6.00 e. The van der Waals surface area contributed by atoms with E-state index < -0.39 is 50.2 Å². The van der Waals surface area contributed by atoms with Gasteiger partial charge >= 0.3 is 201 Å². The molecule has 0 aromatic carbocycles. The first-order valence-electron chi connectivity index (χ1n) is 2.00. The van der Waals surface area contributed by atoms with E-state index in [9.17, 15) is 0 Å². The fourth-order valence-electron chi connectivity index (χ4n) is 0. The van der Waals surface area contributed by atoms with Gasteiger partial charge in [0.05, 0.1) is 0 Å². The molecule has 18 heteroatoms. The van der Waals surface area contributed by atoms with Gasteiger partial charge in [0.15, 0.2) is 0 Å². The molecule has 0 aromatic rings. The summed E-state index contributed by atoms with van der Waals surface area (Å²) in [6.45, 7) is 0. The Bertz CT molecular complexity index is 345. The van der Waals surface area contributed by atoms with E-state index >= 15 is 0 Å². The van der Waals surface area contributed by atoms with Crippen molar-refractivity contribution in [3.05, 3.63) is 0 Å². The minimum absolute atomic E-state index is 0. The van der Waals surface area contributed by atoms with Crippen LogP contribution in [0.15, 0.2) is 0 Å². The van der Waals surface area contributed by atoms with Crippen LogP contribution in [-0.2, 0) is 91.7 Å². The molecule has 0 fully saturated rings. The van der Waals surface area contributed by atoms with Crippen molar-refractivity contribution in [1.29, 1.82) is 0 Å². The maximum absolute atomic E-state index is 8.65. The quantitative estimate of drug-likeness (QED) is 0.206. The SMILES string of the molecule is [BaH2].[CaH2].[O]=[W](=[O])([O-])[O-].[O]=[W](=[O])([O-])[O-].[O]=[W](=[O])([O-])[O-].[W+6]. The Kier molecular flexibility index (Phi) is 36.9. The van der Waals surface area contributed by atoms with Gasteiger partial charge in [0.25, 0.3) is 0 Å². The third kappa shape index (κ3) is 430. The largest absolute Gasteiger partial charge is 6.00 e. The third-order valence-corrected chi connectivity index (χ3v) is 0. The van der Waals surface area contributed by atoms with Crippen LogP contribution in [0, 0.1) is 0 Å². The van der Waals surface area contributed by atoms with Crippen molar-refractivity contribution in [2.45, 2.75) is 0 Å². The Balaban J connectivity index is -0.0000000277. The van der Waals surface area contributed by atoms with Crippen LogP contribution in [0.2, 0.25) is 0 Å². The first-order valence-corrected chi connectivity index (χ1v) is 16.4. The molecule has 0 amide bonds. The molecule has 0 unspecified atom stereocenters. The van der Waals surface area contributed by atoms with Crippen molar-refractivity contribution in [2.24, 2.45) is 0 Å². The second-order valence-corrected chi connectivity index (χ2v) is 10.0. The Hall–Kier alpha value is 4.14. The zero-order valence-corrected chi connectivity index (χ0v) is 18.3. The zero-order valence-electron chi connectivity index (χ0n) is 6.53. The predicted octanol–water partition coefficient (Wildman–Crippen LogP) is -9.69. The Morgan fingerprint density at radius 3 is 0.500 bits per heavy atom. The Morgan fingerprint density at radius 2 is 0.500 bits per heavy atom. The average Bonchev–Trinajstić information content (AvgIpc) is 1.41. The van der Waals surface area contributed by atoms with Gasteiger partial charge in [-0.15, -0.1) is 0 Å². The fourth-order valence-corrected chi connectivity index (χ4v) is 0. The number of hydrogen-bond acceptors (Lipinski definition) is 12. The topological polar surface area (TPSA) is 241 Å². The van der Waals surface area contributed by atoms with Gasteiger partial charge in [0.1, 0.15) is 0 Å². The van der Waals surface area contributed by atoms with Crippen LogP contribution in [0.4, 0.5) is 0 Å². The second kappa shape index (κ2) is 17.5. The molecule has 104 valence electrons. The minimum atomic E-state index is -6.17. The molecule has 0 radical (unpaired) electrons. The molecule has 0 aromatic heterocycles. The van der Waals surface area contributed by atoms with Gasteiger partial charge in [-0.05, 0) is 0 Å². The van der Waals surface area contributed by atoms with E-state index in [1.54, 1.807) is 0 Å². The van der Waals surface area contributed by atoms with Crippen LogP contribution in [0.5, 0.6) is 0 Å². The molecule has 0 spiro atoms. The van der Waals surface area contributed by atoms with Crippen LogP contribution in [-0.4, -0.2) is 86.6 Å². The van der Waals surface area contributed by atoms with Crippen LogP contribution >= 0.6 is 0 Å². The summed E-state index contributed by atoms with van der Waals surface area (Å²) in [6.07, 6.45) is 0. The van der Waals surface area contributed by atoms with Gasteiger partial charge in [-0.2, -0.15) is 0 Å². The standard InChI is InChI=1S/Ba.Ca.12O.4W.4H/q;;;;;;;;6*-1;;;;+6;;;;. The summed E-state index contributed by atoms with van der Waals surface area (Å²) in [6, 6.07) is 0. The molecule has 0 N–H and O–H groups in total. The molecule has 0 saturated carbocycles. The molecule has 0 rings (SSSR count). The molecule has 0 heterocycles. The van der Waals surface area contributed by atoms with Gasteiger partial charge in [-0.3, -0.25) is 0 Å². The molecular formula is H4BaCaO12W4. The van der Waals surface area contributed by atoms with Gasteiger partial charge in [0.2, 0.25) is 0 Å². The van der Waals surface area contributed by atoms with Crippen LogP contribution in [0.25, 0.3) is 0 Å². The number of rotatable bonds is 0. The molecule has 0 bridgehead atoms. The first kappa shape index (κ1) is 38.0. The zero-order chi connectivity index (χ0) is 13.5. The summed E-state index contributed by atoms with van der Waals surface area (Å²) in [7, 11) is 0. The summed E-state index contributed by atoms with van der Waals surface area (Å²) in [5.41, 5.74) is 0. The van der Waals surface area contributed by atoms with E-state index in [2.05, 4.69) is 0 Å². The van der Waals surface area contributed by atoms with Gasteiger partial charge in [-0.25, -0.2) is 0 Å². The molecule has 0 aliphatic rings. The van der Waals surface area contributed by atoms with E-state index in [-0.39, 0.29) is 108 Å². The Morgan fingerprint density at radius 1 is 0.500 bits per heavy atom. The average molecular weight is 1110 g/mol. The summed E-state index contributed by atoms with van der Waals surface area (Å²) >= 11 is -18.5. The van der Waals surface area contributed by atoms with E-state index in [4.69, 9.17) is 42.9 Å². The Labute approximate surface area is 196 Å². The predicted molar refractivity (Wildman–Crippen MR) is 21.2 cm³/mol. The third-order valence-electron chi connectivity index (χ3n) is 0. The first-order chi connectivity index (χ1) is 6.00. The summed E-state index contributed by atoms with van der Waals surface area (Å²) in [5, 5.41) is 0. The molecule has 0 saturated heterocycles. The van der Waals surface area contributed by atoms with E-state index in [0.29, 0.717) is 0 Å². The molecule has 12 nitrogen and oxygen atoms in total. The maximum Gasteiger partial charge on any atom is 6.00 e. The van der Waals surface area contributed by atoms with E-state index in [1.165, 1.54) is 0 Å². The molecule has 0 aliphatic carbocycles. The van der Waals surface area contributed by atoms with Gasteiger partial charge in [-0.1, -0.05) is 0 Å². The monoisotopic (exact) mass is 1110 g/mol. The summed E-state index contributed by atoms with van der Waals surface area (Å²) in [4.78, 5) is 0. The molecule has 18 heavy (non-hydrogen) atoms. The van der Waals surface area contributed by atoms with Crippen LogP contribution < -0.4 is 22.6 Å². The minimum Gasteiger partial charge on any atom is 6.00 e. The van der Waals surface area contributed by atoms with E-state index in [1.807, 2.05) is 0 Å². The van der Waals surface area contributed by atoms with Gasteiger partial charge in [0, 0.05) is 0 Å². The van der Waals surface area contributed by atoms with Crippen molar-refractivity contribution in [2.75, 3.05) is 0 Å². The molecule has 0 aliphatic heterocycles. The maximum atomic E-state index is 8.65. The van der Waals surface area contributed by atoms with Crippen LogP contribution in [0.3, 0.4) is 0 Å². The van der Waals surface area contributed by atoms with Crippen molar-refractivity contribution < 1.29 is 114 Å². The fraction of sp³-hybridized carbons (Fsp3) is 0. The van der Waals surface area contributed by atoms with Crippen molar-refractivity contribution >= 4 is 86.6 Å². The second-order valence-electron chi connectivity index (χ2n) is 1.22. The van der Waals surface area contributed by atoms with Crippen molar-refractivity contribution in [3.63, 3.8) is 0 Å². The molecule has 0 atom stereocenters. The van der Waals surface area contributed by atoms with Crippen LogP contribution in [0.1, 0.15) is 0 Å². The summed E-state index contributed by atoms with van der Waals surface area (Å²) < 4.78 is 104. The van der Waals surface area contributed by atoms with Crippen molar-refractivity contribution in [3.8, 4) is 0 Å². The molecular weight excluding hydrogens is 1100 g/mol. The van der Waals surface area contributed by atoms with Crippen molar-refractivity contribution in [1.82, 2.24) is 0 Å². The van der Waals surface area contributed by atoms with Gasteiger partial charge < -0.3 is 0 Å².